The maximum Gasteiger partial charge on any atom is 0.278 e. The number of nitrogens with zero attached hydrogens (tertiary/aromatic N) is 6. The molecule has 0 aromatic carbocycles. The van der Waals surface area contributed by atoms with E-state index >= 15 is 0 Å². The molecule has 1 aliphatic heterocycles. The predicted octanol–water partition coefficient (Wildman–Crippen LogP) is 2.80. The Morgan fingerprint density at radius 2 is 1.86 bits per heavy atom. The lowest BCUT2D eigenvalue weighted by Crippen LogP contribution is -2.51. The number of anilines is 1. The number of hydrogen-bond donors (Lipinski definition) is 1. The molecule has 4 rings (SSSR count). The van der Waals surface area contributed by atoms with E-state index in [0.29, 0.717) is 17.4 Å². The number of amides is 1. The second kappa shape index (κ2) is 11.5. The lowest BCUT2D eigenvalue weighted by Gasteiger charge is -2.37. The Hall–Kier alpha value is -2.42. The lowest BCUT2D eigenvalue weighted by atomic mass is 9.89. The van der Waals surface area contributed by atoms with Gasteiger partial charge in [-0.1, -0.05) is 46.5 Å². The molecular weight excluding hydrogens is 442 g/mol. The van der Waals surface area contributed by atoms with Gasteiger partial charge in [0.2, 0.25) is 11.9 Å². The standard InChI is InChI=1S/C26H43N7O2/c1-5-9-21-22-23(30(4)29-21)24(34)28-26(27-22)33(18-20-10-7-6-8-11-20)17-14-31-12-15-32(16-13-31)25(35)19(2)3/h19-20H,5-18H2,1-4H3,(H,27,28,34). The monoisotopic (exact) mass is 485 g/mol. The van der Waals surface area contributed by atoms with Crippen molar-refractivity contribution in [3.05, 3.63) is 16.0 Å². The molecule has 2 aliphatic rings. The van der Waals surface area contributed by atoms with E-state index in [0.717, 1.165) is 69.9 Å². The van der Waals surface area contributed by atoms with Gasteiger partial charge in [-0.05, 0) is 25.2 Å². The molecule has 1 saturated heterocycles. The van der Waals surface area contributed by atoms with Crippen LogP contribution in [0.25, 0.3) is 11.0 Å². The number of fused-ring (bicyclic) bond motifs is 1. The first-order chi connectivity index (χ1) is 16.9. The van der Waals surface area contributed by atoms with Crippen molar-refractivity contribution in [2.75, 3.05) is 50.7 Å². The van der Waals surface area contributed by atoms with Crippen LogP contribution in [0, 0.1) is 11.8 Å². The molecule has 2 aromatic rings. The zero-order chi connectivity index (χ0) is 24.9. The Bertz CT molecular complexity index is 1050. The first-order valence-electron chi connectivity index (χ1n) is 13.6. The quantitative estimate of drug-likeness (QED) is 0.587. The normalized spacial score (nSPS) is 18.0. The van der Waals surface area contributed by atoms with E-state index in [1.807, 2.05) is 25.8 Å². The fourth-order valence-electron chi connectivity index (χ4n) is 5.57. The van der Waals surface area contributed by atoms with Gasteiger partial charge >= 0.3 is 0 Å². The number of nitrogens with one attached hydrogen (secondary N) is 1. The third-order valence-corrected chi connectivity index (χ3v) is 7.60. The Morgan fingerprint density at radius 3 is 2.51 bits per heavy atom. The van der Waals surface area contributed by atoms with Crippen LogP contribution in [0.1, 0.15) is 65.0 Å². The van der Waals surface area contributed by atoms with Crippen LogP contribution < -0.4 is 10.5 Å². The molecule has 0 unspecified atom stereocenters. The third kappa shape index (κ3) is 6.05. The summed E-state index contributed by atoms with van der Waals surface area (Å²) in [6, 6.07) is 0. The molecule has 0 bridgehead atoms. The smallest absolute Gasteiger partial charge is 0.278 e. The highest BCUT2D eigenvalue weighted by molar-refractivity contribution is 5.78. The minimum absolute atomic E-state index is 0.0513. The van der Waals surface area contributed by atoms with Crippen LogP contribution in [0.5, 0.6) is 0 Å². The first kappa shape index (κ1) is 25.7. The summed E-state index contributed by atoms with van der Waals surface area (Å²) in [4.78, 5) is 40.2. The second-order valence-corrected chi connectivity index (χ2v) is 10.7. The van der Waals surface area contributed by atoms with Gasteiger partial charge in [0.1, 0.15) is 5.52 Å². The molecule has 9 nitrogen and oxygen atoms in total. The molecule has 3 heterocycles. The summed E-state index contributed by atoms with van der Waals surface area (Å²) in [5.41, 5.74) is 2.08. The minimum atomic E-state index is -0.114. The van der Waals surface area contributed by atoms with Crippen molar-refractivity contribution in [2.24, 2.45) is 18.9 Å². The highest BCUT2D eigenvalue weighted by Crippen LogP contribution is 2.26. The van der Waals surface area contributed by atoms with Gasteiger partial charge in [-0.2, -0.15) is 5.10 Å². The van der Waals surface area contributed by atoms with Gasteiger partial charge < -0.3 is 9.80 Å². The zero-order valence-corrected chi connectivity index (χ0v) is 22.1. The Kier molecular flexibility index (Phi) is 8.46. The molecule has 1 amide bonds. The summed E-state index contributed by atoms with van der Waals surface area (Å²) < 4.78 is 1.67. The van der Waals surface area contributed by atoms with Crippen LogP contribution in [0.3, 0.4) is 0 Å². The SMILES string of the molecule is CCCc1nn(C)c2c(=O)[nH]c(N(CCN3CCN(C(=O)C(C)C)CC3)CC3CCCCC3)nc12. The van der Waals surface area contributed by atoms with Gasteiger partial charge in [-0.3, -0.25) is 24.2 Å². The van der Waals surface area contributed by atoms with Crippen LogP contribution in [0.4, 0.5) is 5.95 Å². The molecule has 9 heteroatoms. The molecule has 1 aliphatic carbocycles. The molecule has 1 saturated carbocycles. The highest BCUT2D eigenvalue weighted by atomic mass is 16.2. The van der Waals surface area contributed by atoms with E-state index in [4.69, 9.17) is 4.98 Å². The van der Waals surface area contributed by atoms with Crippen LogP contribution >= 0.6 is 0 Å². The maximum atomic E-state index is 13.1. The largest absolute Gasteiger partial charge is 0.341 e. The van der Waals surface area contributed by atoms with E-state index in [-0.39, 0.29) is 17.4 Å². The summed E-state index contributed by atoms with van der Waals surface area (Å²) in [6.07, 6.45) is 8.17. The zero-order valence-electron chi connectivity index (χ0n) is 22.1. The van der Waals surface area contributed by atoms with E-state index in [9.17, 15) is 9.59 Å². The first-order valence-corrected chi connectivity index (χ1v) is 13.6. The average molecular weight is 486 g/mol. The number of aromatic amines is 1. The number of piperazine rings is 1. The summed E-state index contributed by atoms with van der Waals surface area (Å²) in [5, 5.41) is 4.58. The number of aryl methyl sites for hydroxylation is 2. The van der Waals surface area contributed by atoms with Crippen molar-refractivity contribution in [3.63, 3.8) is 0 Å². The summed E-state index contributed by atoms with van der Waals surface area (Å²) in [7, 11) is 1.82. The van der Waals surface area contributed by atoms with Crippen molar-refractivity contribution < 1.29 is 4.79 Å². The minimum Gasteiger partial charge on any atom is -0.341 e. The fourth-order valence-corrected chi connectivity index (χ4v) is 5.57. The Morgan fingerprint density at radius 1 is 1.14 bits per heavy atom. The second-order valence-electron chi connectivity index (χ2n) is 10.7. The molecule has 1 N–H and O–H groups in total. The number of aromatic nitrogens is 4. The van der Waals surface area contributed by atoms with Crippen molar-refractivity contribution in [1.82, 2.24) is 29.5 Å². The predicted molar refractivity (Wildman–Crippen MR) is 140 cm³/mol. The molecule has 194 valence electrons. The van der Waals surface area contributed by atoms with Crippen molar-refractivity contribution in [1.29, 1.82) is 0 Å². The molecule has 0 atom stereocenters. The van der Waals surface area contributed by atoms with Gasteiger partial charge in [-0.15, -0.1) is 0 Å². The third-order valence-electron chi connectivity index (χ3n) is 7.60. The van der Waals surface area contributed by atoms with Crippen LogP contribution in [-0.2, 0) is 18.3 Å². The topological polar surface area (TPSA) is 90.4 Å². The average Bonchev–Trinajstić information content (AvgIpc) is 3.17. The summed E-state index contributed by atoms with van der Waals surface area (Å²) in [6.45, 7) is 12.0. The van der Waals surface area contributed by atoms with Gasteiger partial charge in [0.05, 0.1) is 5.69 Å². The molecular formula is C26H43N7O2. The molecule has 2 aromatic heterocycles. The summed E-state index contributed by atoms with van der Waals surface area (Å²) >= 11 is 0. The van der Waals surface area contributed by atoms with E-state index in [1.54, 1.807) is 4.68 Å². The van der Waals surface area contributed by atoms with E-state index < -0.39 is 0 Å². The molecule has 2 fully saturated rings. The van der Waals surface area contributed by atoms with Gasteiger partial charge in [-0.25, -0.2) is 4.98 Å². The van der Waals surface area contributed by atoms with E-state index in [1.165, 1.54) is 32.1 Å². The summed E-state index contributed by atoms with van der Waals surface area (Å²) in [5.74, 6) is 1.61. The van der Waals surface area contributed by atoms with Crippen LogP contribution in [-0.4, -0.2) is 81.3 Å². The van der Waals surface area contributed by atoms with Crippen molar-refractivity contribution in [3.8, 4) is 0 Å². The van der Waals surface area contributed by atoms with Crippen LogP contribution in [0.15, 0.2) is 4.79 Å². The Balaban J connectivity index is 1.51. The Labute approximate surface area is 208 Å². The maximum absolute atomic E-state index is 13.1. The van der Waals surface area contributed by atoms with Crippen LogP contribution in [0.2, 0.25) is 0 Å². The number of rotatable bonds is 9. The molecule has 0 radical (unpaired) electrons. The van der Waals surface area contributed by atoms with Crippen molar-refractivity contribution >= 4 is 22.9 Å². The molecule has 0 spiro atoms. The number of H-pyrrole nitrogens is 1. The lowest BCUT2D eigenvalue weighted by molar-refractivity contribution is -0.136. The van der Waals surface area contributed by atoms with E-state index in [2.05, 4.69) is 26.8 Å². The fraction of sp³-hybridized carbons (Fsp3) is 0.769. The number of hydrogen-bond acceptors (Lipinski definition) is 6. The number of carbonyl (C=O) groups is 1. The highest BCUT2D eigenvalue weighted by Gasteiger charge is 2.25. The number of carbonyl (C=O) groups excluding carboxylic acids is 1. The van der Waals surface area contributed by atoms with Gasteiger partial charge in [0.15, 0.2) is 5.52 Å². The molecule has 35 heavy (non-hydrogen) atoms. The van der Waals surface area contributed by atoms with Crippen molar-refractivity contribution in [2.45, 2.75) is 65.7 Å². The van der Waals surface area contributed by atoms with Gasteiger partial charge in [0, 0.05) is 58.8 Å². The van der Waals surface area contributed by atoms with Gasteiger partial charge in [0.25, 0.3) is 5.56 Å².